The number of hydrogen-bond acceptors (Lipinski definition) is 2. The van der Waals surface area contributed by atoms with E-state index in [1.54, 1.807) is 0 Å². The van der Waals surface area contributed by atoms with Crippen LogP contribution in [0.4, 0.5) is 0 Å². The van der Waals surface area contributed by atoms with E-state index in [9.17, 15) is 9.90 Å². The Morgan fingerprint density at radius 1 is 0.727 bits per heavy atom. The Morgan fingerprint density at radius 2 is 1.21 bits per heavy atom. The van der Waals surface area contributed by atoms with Crippen LogP contribution in [0.3, 0.4) is 0 Å². The highest BCUT2D eigenvalue weighted by Gasteiger charge is 2.35. The van der Waals surface area contributed by atoms with Crippen LogP contribution in [0, 0.1) is 17.8 Å². The van der Waals surface area contributed by atoms with Crippen LogP contribution in [-0.4, -0.2) is 10.9 Å². The second-order valence-electron chi connectivity index (χ2n) is 13.8. The molecule has 0 atom stereocenters. The summed E-state index contributed by atoms with van der Waals surface area (Å²) in [6.07, 6.45) is 4.06. The predicted octanol–water partition coefficient (Wildman–Crippen LogP) is 8.60. The molecule has 0 amide bonds. The van der Waals surface area contributed by atoms with Crippen LogP contribution in [0.2, 0.25) is 0 Å². The molecule has 0 radical (unpaired) electrons. The van der Waals surface area contributed by atoms with E-state index in [1.807, 2.05) is 13.0 Å². The number of hydrogen-bond donors (Lipinski definition) is 1. The molecule has 1 aliphatic rings. The number of ketones is 1. The molecule has 0 unspecified atom stereocenters. The fraction of sp³-hybridized carbons (Fsp3) is 0.581. The minimum absolute atomic E-state index is 0.0604. The van der Waals surface area contributed by atoms with Crippen molar-refractivity contribution < 1.29 is 9.90 Å². The van der Waals surface area contributed by atoms with Gasteiger partial charge in [0.15, 0.2) is 5.78 Å². The molecule has 0 spiro atoms. The molecule has 0 heterocycles. The van der Waals surface area contributed by atoms with Gasteiger partial charge in [-0.15, -0.1) is 0 Å². The van der Waals surface area contributed by atoms with Crippen LogP contribution in [-0.2, 0) is 15.6 Å². The van der Waals surface area contributed by atoms with Crippen molar-refractivity contribution >= 4 is 11.9 Å². The van der Waals surface area contributed by atoms with Gasteiger partial charge >= 0.3 is 0 Å². The van der Waals surface area contributed by atoms with Crippen LogP contribution in [0.15, 0.2) is 34.4 Å². The number of aromatic hydroxyl groups is 1. The van der Waals surface area contributed by atoms with Crippen molar-refractivity contribution in [3.8, 4) is 5.75 Å². The predicted molar refractivity (Wildman–Crippen MR) is 143 cm³/mol. The first kappa shape index (κ1) is 27.2. The lowest BCUT2D eigenvalue weighted by molar-refractivity contribution is -0.112. The Labute approximate surface area is 202 Å². The number of rotatable bonds is 1. The quantitative estimate of drug-likeness (QED) is 0.435. The molecule has 33 heavy (non-hydrogen) atoms. The molecule has 0 saturated heterocycles. The summed E-state index contributed by atoms with van der Waals surface area (Å²) in [5, 5.41) is 11.5. The summed E-state index contributed by atoms with van der Waals surface area (Å²) in [5.41, 5.74) is 6.93. The van der Waals surface area contributed by atoms with Gasteiger partial charge in [0.1, 0.15) is 5.75 Å². The molecule has 182 valence electrons. The first-order valence-electron chi connectivity index (χ1n) is 12.2. The smallest absolute Gasteiger partial charge is 0.189 e. The number of phenolic OH excluding ortho intramolecular Hbond substituents is 1. The molecule has 1 aromatic rings. The number of allylic oxidation sites excluding steroid dienone is 5. The van der Waals surface area contributed by atoms with E-state index in [-0.39, 0.29) is 33.2 Å². The molecule has 1 N–H and O–H groups in total. The Balaban J connectivity index is 3.00. The first-order chi connectivity index (χ1) is 14.6. The van der Waals surface area contributed by atoms with Gasteiger partial charge in [-0.1, -0.05) is 95.2 Å². The minimum atomic E-state index is -0.270. The molecule has 0 aromatic heterocycles. The average molecular weight is 451 g/mol. The van der Waals surface area contributed by atoms with E-state index in [0.29, 0.717) is 5.57 Å². The maximum atomic E-state index is 13.8. The van der Waals surface area contributed by atoms with Gasteiger partial charge in [-0.2, -0.15) is 0 Å². The molecule has 1 aliphatic carbocycles. The number of benzene rings is 1. The third-order valence-electron chi connectivity index (χ3n) is 6.71. The van der Waals surface area contributed by atoms with E-state index >= 15 is 0 Å². The highest BCUT2D eigenvalue weighted by Crippen LogP contribution is 2.45. The van der Waals surface area contributed by atoms with Gasteiger partial charge in [-0.25, -0.2) is 0 Å². The second-order valence-corrected chi connectivity index (χ2v) is 13.8. The van der Waals surface area contributed by atoms with Crippen LogP contribution in [0.1, 0.15) is 112 Å². The highest BCUT2D eigenvalue weighted by atomic mass is 16.3. The van der Waals surface area contributed by atoms with Crippen molar-refractivity contribution in [1.82, 2.24) is 0 Å². The lowest BCUT2D eigenvalue weighted by Gasteiger charge is -2.33. The van der Waals surface area contributed by atoms with E-state index in [2.05, 4.69) is 102 Å². The van der Waals surface area contributed by atoms with Gasteiger partial charge in [-0.3, -0.25) is 4.79 Å². The zero-order valence-corrected chi connectivity index (χ0v) is 23.6. The van der Waals surface area contributed by atoms with Crippen molar-refractivity contribution in [3.63, 3.8) is 0 Å². The summed E-state index contributed by atoms with van der Waals surface area (Å²) in [7, 11) is 0. The van der Waals surface area contributed by atoms with Crippen molar-refractivity contribution in [2.75, 3.05) is 0 Å². The third kappa shape index (κ3) is 5.36. The molecule has 2 nitrogen and oxygen atoms in total. The lowest BCUT2D eigenvalue weighted by atomic mass is 9.70. The van der Waals surface area contributed by atoms with Crippen molar-refractivity contribution in [2.24, 2.45) is 10.8 Å². The summed E-state index contributed by atoms with van der Waals surface area (Å²) in [5.74, 6) is 0.343. The molecule has 0 fully saturated rings. The Hall–Kier alpha value is -2.09. The van der Waals surface area contributed by atoms with Gasteiger partial charge in [0.2, 0.25) is 0 Å². The summed E-state index contributed by atoms with van der Waals surface area (Å²) in [6.45, 7) is 29.9. The van der Waals surface area contributed by atoms with E-state index in [4.69, 9.17) is 0 Å². The number of carbonyl (C=O) groups is 1. The van der Waals surface area contributed by atoms with Crippen LogP contribution >= 0.6 is 0 Å². The fourth-order valence-corrected chi connectivity index (χ4v) is 4.75. The van der Waals surface area contributed by atoms with E-state index in [0.717, 1.165) is 27.8 Å². The van der Waals surface area contributed by atoms with Gasteiger partial charge in [0.05, 0.1) is 0 Å². The van der Waals surface area contributed by atoms with Crippen molar-refractivity contribution in [2.45, 2.75) is 108 Å². The zero-order valence-electron chi connectivity index (χ0n) is 23.6. The number of carbonyl (C=O) groups excluding carboxylic acids is 1. The van der Waals surface area contributed by atoms with Crippen molar-refractivity contribution in [1.29, 1.82) is 0 Å². The average Bonchev–Trinajstić information content (AvgIpc) is 2.56. The Bertz CT molecular complexity index is 1020. The number of phenols is 1. The molecule has 2 rings (SSSR count). The van der Waals surface area contributed by atoms with Crippen LogP contribution < -0.4 is 0 Å². The van der Waals surface area contributed by atoms with Gasteiger partial charge in [-0.05, 0) is 63.9 Å². The first-order valence-corrected chi connectivity index (χ1v) is 12.2. The number of Topliss-reactive ketones (excluding diaryl/α,β-unsaturated/α-hetero) is 1. The maximum Gasteiger partial charge on any atom is 0.189 e. The molecule has 0 aliphatic heterocycles. The molecular formula is C31H46O2. The Kier molecular flexibility index (Phi) is 6.82. The summed E-state index contributed by atoms with van der Waals surface area (Å²) in [6, 6.07) is 2.15. The fourth-order valence-electron chi connectivity index (χ4n) is 4.75. The molecule has 0 saturated carbocycles. The van der Waals surface area contributed by atoms with Gasteiger partial charge in [0.25, 0.3) is 0 Å². The lowest BCUT2D eigenvalue weighted by Crippen LogP contribution is -2.26. The minimum Gasteiger partial charge on any atom is -0.507 e. The standard InChI is InChI=1S/C31H46O2/c1-18-20(26(32)24(30(9,10)11)16-22(18)28(3,4)5)15-21-19(2)23(29(6,7)8)17-25(27(21)33)31(12,13)14/h15-17,32H,1-14H3. The topological polar surface area (TPSA) is 37.3 Å². The van der Waals surface area contributed by atoms with E-state index < -0.39 is 0 Å². The van der Waals surface area contributed by atoms with Crippen LogP contribution in [0.5, 0.6) is 5.75 Å². The molecule has 2 heteroatoms. The molecule has 0 bridgehead atoms. The second kappa shape index (κ2) is 8.29. The largest absolute Gasteiger partial charge is 0.507 e. The molecular weight excluding hydrogens is 404 g/mol. The monoisotopic (exact) mass is 450 g/mol. The zero-order chi connectivity index (χ0) is 25.9. The van der Waals surface area contributed by atoms with E-state index in [1.165, 1.54) is 11.1 Å². The summed E-state index contributed by atoms with van der Waals surface area (Å²) < 4.78 is 0. The van der Waals surface area contributed by atoms with Crippen LogP contribution in [0.25, 0.3) is 6.08 Å². The SMILES string of the molecule is CC1=C(C(C)(C)C)C=C(C(C)(C)C)C(=O)C1=Cc1c(C)c(C(C)(C)C)cc(C(C)(C)C)c1O. The molecule has 1 aromatic carbocycles. The maximum absolute atomic E-state index is 13.8. The summed E-state index contributed by atoms with van der Waals surface area (Å²) >= 11 is 0. The van der Waals surface area contributed by atoms with Gasteiger partial charge < -0.3 is 5.11 Å². The summed E-state index contributed by atoms with van der Waals surface area (Å²) in [4.78, 5) is 13.8. The third-order valence-corrected chi connectivity index (χ3v) is 6.71. The highest BCUT2D eigenvalue weighted by molar-refractivity contribution is 6.16. The Morgan fingerprint density at radius 3 is 1.61 bits per heavy atom. The normalized spacial score (nSPS) is 17.7. The van der Waals surface area contributed by atoms with Gasteiger partial charge in [0, 0.05) is 22.3 Å². The van der Waals surface area contributed by atoms with Crippen molar-refractivity contribution in [3.05, 3.63) is 56.7 Å².